The van der Waals surface area contributed by atoms with Crippen LogP contribution in [0.2, 0.25) is 0 Å². The van der Waals surface area contributed by atoms with Crippen LogP contribution in [0.5, 0.6) is 0 Å². The van der Waals surface area contributed by atoms with E-state index in [1.54, 1.807) is 11.3 Å². The molecule has 2 atom stereocenters. The van der Waals surface area contributed by atoms with Gasteiger partial charge in [0.15, 0.2) is 0 Å². The minimum absolute atomic E-state index is 0.450. The molecule has 1 aromatic rings. The third-order valence-corrected chi connectivity index (χ3v) is 4.01. The Balaban J connectivity index is 2.17. The summed E-state index contributed by atoms with van der Waals surface area (Å²) >= 11 is 1.74. The fourth-order valence-corrected chi connectivity index (χ4v) is 3.15. The molecule has 1 fully saturated rings. The van der Waals surface area contributed by atoms with E-state index in [0.717, 1.165) is 25.2 Å². The number of Topliss-reactive ketones (excluding diaryl/α,β-unsaturated/α-hetero) is 1. The molecule has 0 bridgehead atoms. The van der Waals surface area contributed by atoms with E-state index < -0.39 is 0 Å². The predicted octanol–water partition coefficient (Wildman–Crippen LogP) is 3.61. The first-order valence-corrected chi connectivity index (χ1v) is 6.29. The van der Waals surface area contributed by atoms with Crippen LogP contribution in [-0.4, -0.2) is 5.78 Å². The predicted molar refractivity (Wildman–Crippen MR) is 59.7 cm³/mol. The van der Waals surface area contributed by atoms with E-state index in [0.29, 0.717) is 11.7 Å². The summed E-state index contributed by atoms with van der Waals surface area (Å²) in [6, 6.07) is 2.18. The molecular weight excluding hydrogens is 192 g/mol. The van der Waals surface area contributed by atoms with Crippen LogP contribution in [-0.2, 0) is 4.79 Å². The third kappa shape index (κ3) is 1.90. The molecule has 0 aromatic carbocycles. The van der Waals surface area contributed by atoms with Crippen molar-refractivity contribution in [3.8, 4) is 0 Å². The zero-order valence-electron chi connectivity index (χ0n) is 8.53. The molecule has 2 unspecified atom stereocenters. The van der Waals surface area contributed by atoms with Crippen molar-refractivity contribution in [1.29, 1.82) is 0 Å². The number of hydrogen-bond donors (Lipinski definition) is 0. The summed E-state index contributed by atoms with van der Waals surface area (Å²) in [5.41, 5.74) is 1.38. The molecule has 1 aliphatic carbocycles. The molecular formula is C12H16OS. The van der Waals surface area contributed by atoms with Crippen molar-refractivity contribution in [2.75, 3.05) is 0 Å². The normalized spacial score (nSPS) is 27.9. The molecule has 1 aliphatic rings. The Hall–Kier alpha value is -0.630. The molecule has 2 heteroatoms. The summed E-state index contributed by atoms with van der Waals surface area (Å²) in [5, 5.41) is 4.31. The molecule has 0 N–H and O–H groups in total. The van der Waals surface area contributed by atoms with Crippen LogP contribution < -0.4 is 0 Å². The van der Waals surface area contributed by atoms with E-state index in [1.165, 1.54) is 12.0 Å². The Morgan fingerprint density at radius 1 is 1.57 bits per heavy atom. The number of carbonyl (C=O) groups excluding carboxylic acids is 1. The Bertz CT molecular complexity index is 302. The Morgan fingerprint density at radius 3 is 3.07 bits per heavy atom. The number of ketones is 1. The molecule has 14 heavy (non-hydrogen) atoms. The first-order valence-electron chi connectivity index (χ1n) is 5.35. The molecule has 0 aliphatic heterocycles. The lowest BCUT2D eigenvalue weighted by molar-refractivity contribution is -0.121. The summed E-state index contributed by atoms with van der Waals surface area (Å²) in [6.45, 7) is 2.24. The quantitative estimate of drug-likeness (QED) is 0.725. The van der Waals surface area contributed by atoms with E-state index >= 15 is 0 Å². The number of carbonyl (C=O) groups is 1. The van der Waals surface area contributed by atoms with Gasteiger partial charge in [0.25, 0.3) is 0 Å². The summed E-state index contributed by atoms with van der Waals surface area (Å²) < 4.78 is 0. The van der Waals surface area contributed by atoms with E-state index in [1.807, 2.05) is 0 Å². The fraction of sp³-hybridized carbons (Fsp3) is 0.583. The number of thiophene rings is 1. The topological polar surface area (TPSA) is 17.1 Å². The molecule has 0 spiro atoms. The molecule has 1 heterocycles. The molecule has 2 rings (SSSR count). The highest BCUT2D eigenvalue weighted by Crippen LogP contribution is 2.38. The second kappa shape index (κ2) is 4.26. The minimum Gasteiger partial charge on any atom is -0.300 e. The zero-order chi connectivity index (χ0) is 9.97. The monoisotopic (exact) mass is 208 g/mol. The average Bonchev–Trinajstić information content (AvgIpc) is 2.70. The van der Waals surface area contributed by atoms with Crippen LogP contribution in [0.3, 0.4) is 0 Å². The van der Waals surface area contributed by atoms with Crippen LogP contribution in [0.4, 0.5) is 0 Å². The maximum atomic E-state index is 11.4. The fourth-order valence-electron chi connectivity index (χ4n) is 2.43. The Kier molecular flexibility index (Phi) is 3.02. The van der Waals surface area contributed by atoms with Gasteiger partial charge in [0.2, 0.25) is 0 Å². The third-order valence-electron chi connectivity index (χ3n) is 3.31. The molecule has 0 saturated heterocycles. The maximum absolute atomic E-state index is 11.4. The highest BCUT2D eigenvalue weighted by atomic mass is 32.1. The van der Waals surface area contributed by atoms with Gasteiger partial charge >= 0.3 is 0 Å². The van der Waals surface area contributed by atoms with E-state index in [9.17, 15) is 4.79 Å². The van der Waals surface area contributed by atoms with Gasteiger partial charge in [-0.3, -0.25) is 4.79 Å². The van der Waals surface area contributed by atoms with E-state index in [2.05, 4.69) is 23.8 Å². The highest BCUT2D eigenvalue weighted by Gasteiger charge is 2.29. The first-order chi connectivity index (χ1) is 6.81. The largest absolute Gasteiger partial charge is 0.300 e. The summed E-state index contributed by atoms with van der Waals surface area (Å²) in [6.07, 6.45) is 3.87. The van der Waals surface area contributed by atoms with Crippen molar-refractivity contribution < 1.29 is 4.79 Å². The lowest BCUT2D eigenvalue weighted by Crippen LogP contribution is -2.22. The summed E-state index contributed by atoms with van der Waals surface area (Å²) in [5.74, 6) is 1.68. The van der Waals surface area contributed by atoms with Crippen LogP contribution >= 0.6 is 11.3 Å². The lowest BCUT2D eigenvalue weighted by atomic mass is 9.74. The molecule has 0 amide bonds. The van der Waals surface area contributed by atoms with Gasteiger partial charge in [-0.15, -0.1) is 0 Å². The summed E-state index contributed by atoms with van der Waals surface area (Å²) in [7, 11) is 0. The molecule has 76 valence electrons. The SMILES string of the molecule is CCC1CCC(=O)CC1c1ccsc1. The van der Waals surface area contributed by atoms with Crippen LogP contribution in [0, 0.1) is 5.92 Å². The van der Waals surface area contributed by atoms with Crippen LogP contribution in [0.15, 0.2) is 16.8 Å². The highest BCUT2D eigenvalue weighted by molar-refractivity contribution is 7.07. The summed E-state index contributed by atoms with van der Waals surface area (Å²) in [4.78, 5) is 11.4. The smallest absolute Gasteiger partial charge is 0.133 e. The lowest BCUT2D eigenvalue weighted by Gasteiger charge is -2.29. The molecule has 0 radical (unpaired) electrons. The van der Waals surface area contributed by atoms with Crippen molar-refractivity contribution in [3.05, 3.63) is 22.4 Å². The molecule has 1 aromatic heterocycles. The number of hydrogen-bond acceptors (Lipinski definition) is 2. The van der Waals surface area contributed by atoms with Gasteiger partial charge in [-0.2, -0.15) is 11.3 Å². The van der Waals surface area contributed by atoms with E-state index in [-0.39, 0.29) is 0 Å². The van der Waals surface area contributed by atoms with Crippen molar-refractivity contribution in [2.24, 2.45) is 5.92 Å². The second-order valence-corrected chi connectivity index (χ2v) is 4.89. The van der Waals surface area contributed by atoms with Crippen molar-refractivity contribution in [1.82, 2.24) is 0 Å². The van der Waals surface area contributed by atoms with Crippen LogP contribution in [0.25, 0.3) is 0 Å². The van der Waals surface area contributed by atoms with Crippen molar-refractivity contribution in [3.63, 3.8) is 0 Å². The Morgan fingerprint density at radius 2 is 2.43 bits per heavy atom. The number of rotatable bonds is 2. The van der Waals surface area contributed by atoms with Gasteiger partial charge in [0.05, 0.1) is 0 Å². The van der Waals surface area contributed by atoms with Gasteiger partial charge in [-0.25, -0.2) is 0 Å². The Labute approximate surface area is 89.1 Å². The minimum atomic E-state index is 0.450. The van der Waals surface area contributed by atoms with Crippen molar-refractivity contribution in [2.45, 2.75) is 38.5 Å². The average molecular weight is 208 g/mol. The van der Waals surface area contributed by atoms with Gasteiger partial charge in [-0.05, 0) is 40.6 Å². The molecule has 1 nitrogen and oxygen atoms in total. The first kappa shape index (κ1) is 9.91. The van der Waals surface area contributed by atoms with Gasteiger partial charge < -0.3 is 0 Å². The zero-order valence-corrected chi connectivity index (χ0v) is 9.35. The van der Waals surface area contributed by atoms with Gasteiger partial charge in [0.1, 0.15) is 5.78 Å². The van der Waals surface area contributed by atoms with E-state index in [4.69, 9.17) is 0 Å². The second-order valence-electron chi connectivity index (χ2n) is 4.11. The standard InChI is InChI=1S/C12H16OS/c1-2-9-3-4-11(13)7-12(9)10-5-6-14-8-10/h5-6,8-9,12H,2-4,7H2,1H3. The van der Waals surface area contributed by atoms with Gasteiger partial charge in [-0.1, -0.05) is 13.3 Å². The van der Waals surface area contributed by atoms with Gasteiger partial charge in [0, 0.05) is 12.8 Å². The van der Waals surface area contributed by atoms with Crippen molar-refractivity contribution >= 4 is 17.1 Å². The maximum Gasteiger partial charge on any atom is 0.133 e. The van der Waals surface area contributed by atoms with Crippen LogP contribution in [0.1, 0.15) is 44.1 Å². The molecule has 1 saturated carbocycles.